The van der Waals surface area contributed by atoms with Crippen LogP contribution in [0.4, 0.5) is 0 Å². The van der Waals surface area contributed by atoms with Gasteiger partial charge in [0.15, 0.2) is 0 Å². The number of hydrogen-bond donors (Lipinski definition) is 1. The standard InChI is InChI=1S/C9H4Cl2O3/c10-7-6-4(12)2-1-3-5(6)14-9(13)8(7)11/h1-3,12H. The molecule has 0 amide bonds. The largest absolute Gasteiger partial charge is 0.507 e. The lowest BCUT2D eigenvalue weighted by Gasteiger charge is -2.02. The predicted octanol–water partition coefficient (Wildman–Crippen LogP) is 2.81. The molecule has 0 unspecified atom stereocenters. The summed E-state index contributed by atoms with van der Waals surface area (Å²) < 4.78 is 4.82. The van der Waals surface area contributed by atoms with E-state index in [4.69, 9.17) is 27.6 Å². The van der Waals surface area contributed by atoms with E-state index in [-0.39, 0.29) is 26.8 Å². The molecule has 0 aliphatic heterocycles. The summed E-state index contributed by atoms with van der Waals surface area (Å²) in [6.07, 6.45) is 0. The molecule has 1 heterocycles. The predicted molar refractivity (Wildman–Crippen MR) is 54.2 cm³/mol. The van der Waals surface area contributed by atoms with Gasteiger partial charge in [-0.05, 0) is 12.1 Å². The Kier molecular flexibility index (Phi) is 2.13. The van der Waals surface area contributed by atoms with E-state index in [0.717, 1.165) is 0 Å². The zero-order chi connectivity index (χ0) is 10.3. The van der Waals surface area contributed by atoms with Crippen LogP contribution in [-0.4, -0.2) is 5.11 Å². The minimum absolute atomic E-state index is 0.0102. The van der Waals surface area contributed by atoms with Gasteiger partial charge in [-0.2, -0.15) is 0 Å². The summed E-state index contributed by atoms with van der Waals surface area (Å²) in [6.45, 7) is 0. The number of benzene rings is 1. The fraction of sp³-hybridized carbons (Fsp3) is 0. The van der Waals surface area contributed by atoms with Gasteiger partial charge >= 0.3 is 5.63 Å². The molecule has 2 rings (SSSR count). The molecule has 72 valence electrons. The normalized spacial score (nSPS) is 10.7. The van der Waals surface area contributed by atoms with Gasteiger partial charge in [-0.3, -0.25) is 0 Å². The Morgan fingerprint density at radius 3 is 2.64 bits per heavy atom. The Labute approximate surface area is 88.5 Å². The second kappa shape index (κ2) is 3.19. The molecule has 0 saturated carbocycles. The molecule has 0 bridgehead atoms. The minimum Gasteiger partial charge on any atom is -0.507 e. The molecule has 3 nitrogen and oxygen atoms in total. The number of fused-ring (bicyclic) bond motifs is 1. The molecule has 0 saturated heterocycles. The van der Waals surface area contributed by atoms with Crippen molar-refractivity contribution in [2.24, 2.45) is 0 Å². The van der Waals surface area contributed by atoms with Crippen LogP contribution in [0.5, 0.6) is 5.75 Å². The van der Waals surface area contributed by atoms with Gasteiger partial charge in [0.1, 0.15) is 16.4 Å². The van der Waals surface area contributed by atoms with Crippen LogP contribution in [0.3, 0.4) is 0 Å². The van der Waals surface area contributed by atoms with Crippen molar-refractivity contribution in [3.63, 3.8) is 0 Å². The van der Waals surface area contributed by atoms with Crippen LogP contribution in [0.25, 0.3) is 11.0 Å². The van der Waals surface area contributed by atoms with E-state index < -0.39 is 5.63 Å². The third-order valence-corrected chi connectivity index (χ3v) is 2.62. The summed E-state index contributed by atoms with van der Waals surface area (Å²) in [6, 6.07) is 4.51. The second-order valence-electron chi connectivity index (χ2n) is 2.67. The highest BCUT2D eigenvalue weighted by atomic mass is 35.5. The number of halogens is 2. The number of phenols is 1. The lowest BCUT2D eigenvalue weighted by atomic mass is 10.2. The van der Waals surface area contributed by atoms with E-state index >= 15 is 0 Å². The molecule has 1 N–H and O–H groups in total. The van der Waals surface area contributed by atoms with E-state index in [1.807, 2.05) is 0 Å². The van der Waals surface area contributed by atoms with Gasteiger partial charge in [-0.1, -0.05) is 29.3 Å². The van der Waals surface area contributed by atoms with E-state index in [1.165, 1.54) is 12.1 Å². The van der Waals surface area contributed by atoms with Crippen molar-refractivity contribution in [3.05, 3.63) is 38.7 Å². The molecular weight excluding hydrogens is 227 g/mol. The van der Waals surface area contributed by atoms with E-state index in [1.54, 1.807) is 6.07 Å². The van der Waals surface area contributed by atoms with E-state index in [9.17, 15) is 9.90 Å². The average Bonchev–Trinajstić information content (AvgIpc) is 2.14. The topological polar surface area (TPSA) is 50.4 Å². The summed E-state index contributed by atoms with van der Waals surface area (Å²) in [5.74, 6) is -0.0712. The quantitative estimate of drug-likeness (QED) is 0.709. The molecule has 1 aromatic carbocycles. The highest BCUT2D eigenvalue weighted by Crippen LogP contribution is 2.33. The lowest BCUT2D eigenvalue weighted by Crippen LogP contribution is -1.99. The summed E-state index contributed by atoms with van der Waals surface area (Å²) in [5.41, 5.74) is -0.501. The first-order valence-corrected chi connectivity index (χ1v) is 4.46. The van der Waals surface area contributed by atoms with E-state index in [0.29, 0.717) is 0 Å². The highest BCUT2D eigenvalue weighted by molar-refractivity contribution is 6.45. The van der Waals surface area contributed by atoms with Crippen molar-refractivity contribution in [2.75, 3.05) is 0 Å². The third-order valence-electron chi connectivity index (χ3n) is 1.80. The van der Waals surface area contributed by atoms with Crippen LogP contribution < -0.4 is 5.63 Å². The fourth-order valence-corrected chi connectivity index (χ4v) is 1.57. The zero-order valence-electron chi connectivity index (χ0n) is 6.75. The zero-order valence-corrected chi connectivity index (χ0v) is 8.26. The van der Waals surface area contributed by atoms with Gasteiger partial charge in [0.25, 0.3) is 0 Å². The summed E-state index contributed by atoms with van der Waals surface area (Å²) in [7, 11) is 0. The first kappa shape index (κ1) is 9.37. The Balaban J connectivity index is 3.07. The number of hydrogen-bond acceptors (Lipinski definition) is 3. The van der Waals surface area contributed by atoms with Gasteiger partial charge in [-0.25, -0.2) is 4.79 Å². The Hall–Kier alpha value is -1.19. The maximum atomic E-state index is 11.1. The number of aromatic hydroxyl groups is 1. The average molecular weight is 231 g/mol. The smallest absolute Gasteiger partial charge is 0.356 e. The molecule has 0 aliphatic rings. The monoisotopic (exact) mass is 230 g/mol. The number of rotatable bonds is 0. The van der Waals surface area contributed by atoms with Gasteiger partial charge in [0, 0.05) is 0 Å². The van der Waals surface area contributed by atoms with Crippen LogP contribution in [0.15, 0.2) is 27.4 Å². The second-order valence-corrected chi connectivity index (χ2v) is 3.42. The summed E-state index contributed by atoms with van der Waals surface area (Å²) in [4.78, 5) is 11.1. The molecule has 0 spiro atoms. The molecular formula is C9H4Cl2O3. The van der Waals surface area contributed by atoms with Crippen LogP contribution in [0.2, 0.25) is 10.0 Å². The van der Waals surface area contributed by atoms with Crippen molar-refractivity contribution in [3.8, 4) is 5.75 Å². The van der Waals surface area contributed by atoms with Gasteiger partial charge in [0.05, 0.1) is 10.4 Å². The summed E-state index contributed by atoms with van der Waals surface area (Å²) in [5, 5.41) is 9.50. The molecule has 0 radical (unpaired) electrons. The maximum Gasteiger partial charge on any atom is 0.356 e. The molecule has 0 aliphatic carbocycles. The van der Waals surface area contributed by atoms with Gasteiger partial charge < -0.3 is 9.52 Å². The molecule has 0 atom stereocenters. The van der Waals surface area contributed by atoms with Crippen molar-refractivity contribution >= 4 is 34.2 Å². The van der Waals surface area contributed by atoms with Crippen LogP contribution in [-0.2, 0) is 0 Å². The van der Waals surface area contributed by atoms with Gasteiger partial charge in [0.2, 0.25) is 0 Å². The molecule has 2 aromatic rings. The third kappa shape index (κ3) is 1.25. The fourth-order valence-electron chi connectivity index (χ4n) is 1.17. The maximum absolute atomic E-state index is 11.1. The van der Waals surface area contributed by atoms with Crippen LogP contribution >= 0.6 is 23.2 Å². The SMILES string of the molecule is O=c1oc2cccc(O)c2c(Cl)c1Cl. The Morgan fingerprint density at radius 1 is 1.21 bits per heavy atom. The molecule has 5 heteroatoms. The highest BCUT2D eigenvalue weighted by Gasteiger charge is 2.13. The summed E-state index contributed by atoms with van der Waals surface area (Å²) >= 11 is 11.4. The van der Waals surface area contributed by atoms with Gasteiger partial charge in [-0.15, -0.1) is 0 Å². The van der Waals surface area contributed by atoms with Crippen LogP contribution in [0, 0.1) is 0 Å². The Morgan fingerprint density at radius 2 is 1.93 bits per heavy atom. The molecule has 1 aromatic heterocycles. The van der Waals surface area contributed by atoms with E-state index in [2.05, 4.69) is 0 Å². The van der Waals surface area contributed by atoms with Crippen molar-refractivity contribution in [1.82, 2.24) is 0 Å². The minimum atomic E-state index is -0.713. The lowest BCUT2D eigenvalue weighted by molar-refractivity contribution is 0.479. The first-order valence-electron chi connectivity index (χ1n) is 3.71. The number of phenolic OH excluding ortho intramolecular Hbond substituents is 1. The first-order chi connectivity index (χ1) is 6.61. The Bertz CT molecular complexity index is 560. The van der Waals surface area contributed by atoms with Crippen molar-refractivity contribution in [1.29, 1.82) is 0 Å². The van der Waals surface area contributed by atoms with Crippen LogP contribution in [0.1, 0.15) is 0 Å². The molecule has 14 heavy (non-hydrogen) atoms. The van der Waals surface area contributed by atoms with Crippen molar-refractivity contribution < 1.29 is 9.52 Å². The molecule has 0 fully saturated rings. The van der Waals surface area contributed by atoms with Crippen molar-refractivity contribution in [2.45, 2.75) is 0 Å².